The Balaban J connectivity index is 2.24. The fraction of sp³-hybridized carbons (Fsp3) is 0.200. The van der Waals surface area contributed by atoms with Gasteiger partial charge in [-0.15, -0.1) is 22.7 Å². The van der Waals surface area contributed by atoms with Crippen molar-refractivity contribution in [2.75, 3.05) is 7.11 Å². The van der Waals surface area contributed by atoms with Crippen LogP contribution < -0.4 is 10.5 Å². The van der Waals surface area contributed by atoms with Gasteiger partial charge in [0.25, 0.3) is 0 Å². The molecule has 2 N–H and O–H groups in total. The number of hydrogen-bond acceptors (Lipinski definition) is 7. The summed E-state index contributed by atoms with van der Waals surface area (Å²) in [5.41, 5.74) is 6.66. The van der Waals surface area contributed by atoms with Gasteiger partial charge in [-0.3, -0.25) is 0 Å². The number of fused-ring (bicyclic) bond motifs is 1. The van der Waals surface area contributed by atoms with Gasteiger partial charge in [0, 0.05) is 19.6 Å². The predicted octanol–water partition coefficient (Wildman–Crippen LogP) is 3.89. The lowest BCUT2D eigenvalue weighted by Crippen LogP contribution is -2.20. The number of nitriles is 1. The number of carbonyl (C=O) groups excluding carboxylic acids is 1. The van der Waals surface area contributed by atoms with Crippen LogP contribution in [0.2, 0.25) is 0 Å². The lowest BCUT2D eigenvalue weighted by atomic mass is 9.93. The molecule has 23 heavy (non-hydrogen) atoms. The molecule has 0 bridgehead atoms. The van der Waals surface area contributed by atoms with Crippen LogP contribution in [0.4, 0.5) is 0 Å². The molecule has 1 atom stereocenters. The maximum Gasteiger partial charge on any atom is 0.342 e. The standard InChI is InChI=1S/C15H11BrN2O3S2/c1-6-10(15(19)20-2)12-13(23-6)11(8(4-17)14(18)21-12)9-3-7(16)5-22-9/h3,5,11H,18H2,1-2H3/t11-/m0/s1. The second-order valence-electron chi connectivity index (χ2n) is 4.81. The second-order valence-corrected chi connectivity index (χ2v) is 7.93. The van der Waals surface area contributed by atoms with Gasteiger partial charge in [-0.25, -0.2) is 4.79 Å². The molecule has 0 aliphatic carbocycles. The summed E-state index contributed by atoms with van der Waals surface area (Å²) in [6.45, 7) is 1.82. The van der Waals surface area contributed by atoms with E-state index in [0.29, 0.717) is 16.9 Å². The lowest BCUT2D eigenvalue weighted by molar-refractivity contribution is 0.0597. The first-order chi connectivity index (χ1) is 11.0. The van der Waals surface area contributed by atoms with Crippen LogP contribution in [0.3, 0.4) is 0 Å². The SMILES string of the molecule is COC(=O)c1c(C)sc2c1OC(N)=C(C#N)[C@H]2c1cc(Br)cs1. The van der Waals surface area contributed by atoms with Gasteiger partial charge in [0.1, 0.15) is 17.2 Å². The smallest absolute Gasteiger partial charge is 0.342 e. The molecule has 0 unspecified atom stereocenters. The number of methoxy groups -OCH3 is 1. The van der Waals surface area contributed by atoms with Crippen LogP contribution in [0.1, 0.15) is 30.9 Å². The molecule has 0 saturated carbocycles. The van der Waals surface area contributed by atoms with Crippen molar-refractivity contribution in [2.45, 2.75) is 12.8 Å². The molecule has 3 heterocycles. The molecule has 2 aromatic heterocycles. The van der Waals surface area contributed by atoms with Crippen LogP contribution in [0, 0.1) is 18.3 Å². The Hall–Kier alpha value is -1.82. The highest BCUT2D eigenvalue weighted by Gasteiger charge is 2.37. The number of rotatable bonds is 2. The number of hydrogen-bond donors (Lipinski definition) is 1. The monoisotopic (exact) mass is 410 g/mol. The molecule has 118 valence electrons. The summed E-state index contributed by atoms with van der Waals surface area (Å²) in [5, 5.41) is 11.4. The first-order valence-electron chi connectivity index (χ1n) is 6.51. The quantitative estimate of drug-likeness (QED) is 0.758. The Kier molecular flexibility index (Phi) is 4.19. The first-order valence-corrected chi connectivity index (χ1v) is 9.00. The molecule has 0 fully saturated rings. The zero-order valence-electron chi connectivity index (χ0n) is 12.2. The summed E-state index contributed by atoms with van der Waals surface area (Å²) >= 11 is 6.36. The summed E-state index contributed by atoms with van der Waals surface area (Å²) in [5.74, 6) is -0.385. The number of thiophene rings is 2. The van der Waals surface area contributed by atoms with E-state index >= 15 is 0 Å². The molecule has 5 nitrogen and oxygen atoms in total. The third-order valence-electron chi connectivity index (χ3n) is 3.48. The number of carbonyl (C=O) groups is 1. The Labute approximate surface area is 149 Å². The summed E-state index contributed by atoms with van der Waals surface area (Å²) in [6, 6.07) is 4.08. The minimum Gasteiger partial charge on any atom is -0.465 e. The van der Waals surface area contributed by atoms with E-state index in [1.165, 1.54) is 29.8 Å². The number of allylic oxidation sites excluding steroid dienone is 1. The lowest BCUT2D eigenvalue weighted by Gasteiger charge is -2.22. The molecule has 1 aliphatic rings. The number of nitrogens with two attached hydrogens (primary N) is 1. The molecular formula is C15H11BrN2O3S2. The van der Waals surface area contributed by atoms with E-state index in [1.807, 2.05) is 18.4 Å². The van der Waals surface area contributed by atoms with Gasteiger partial charge in [0.2, 0.25) is 5.88 Å². The first kappa shape index (κ1) is 16.1. The summed E-state index contributed by atoms with van der Waals surface area (Å²) in [7, 11) is 1.32. The van der Waals surface area contributed by atoms with E-state index in [-0.39, 0.29) is 11.8 Å². The minimum absolute atomic E-state index is 0.0254. The molecule has 0 radical (unpaired) electrons. The molecule has 2 aromatic rings. The van der Waals surface area contributed by atoms with Crippen molar-refractivity contribution in [3.63, 3.8) is 0 Å². The Morgan fingerprint density at radius 3 is 2.87 bits per heavy atom. The highest BCUT2D eigenvalue weighted by Crippen LogP contribution is 2.50. The molecular weight excluding hydrogens is 400 g/mol. The Morgan fingerprint density at radius 1 is 1.57 bits per heavy atom. The van der Waals surface area contributed by atoms with E-state index in [2.05, 4.69) is 22.0 Å². The second kappa shape index (κ2) is 6.00. The number of esters is 1. The number of halogens is 1. The maximum absolute atomic E-state index is 12.1. The van der Waals surface area contributed by atoms with Crippen LogP contribution in [0.15, 0.2) is 27.4 Å². The van der Waals surface area contributed by atoms with E-state index in [1.54, 1.807) is 0 Å². The van der Waals surface area contributed by atoms with Crippen LogP contribution in [-0.2, 0) is 4.74 Å². The third kappa shape index (κ3) is 2.55. The molecule has 0 amide bonds. The topological polar surface area (TPSA) is 85.3 Å². The van der Waals surface area contributed by atoms with Gasteiger partial charge in [0.05, 0.1) is 17.9 Å². The highest BCUT2D eigenvalue weighted by atomic mass is 79.9. The number of ether oxygens (including phenoxy) is 2. The fourth-order valence-electron chi connectivity index (χ4n) is 2.48. The summed E-state index contributed by atoms with van der Waals surface area (Å²) in [4.78, 5) is 14.6. The zero-order chi connectivity index (χ0) is 16.7. The molecule has 0 spiro atoms. The van der Waals surface area contributed by atoms with Crippen LogP contribution in [0.25, 0.3) is 0 Å². The van der Waals surface area contributed by atoms with E-state index in [4.69, 9.17) is 15.2 Å². The predicted molar refractivity (Wildman–Crippen MR) is 91.7 cm³/mol. The van der Waals surface area contributed by atoms with E-state index in [0.717, 1.165) is 19.1 Å². The van der Waals surface area contributed by atoms with Crippen molar-refractivity contribution in [1.29, 1.82) is 5.26 Å². The van der Waals surface area contributed by atoms with Gasteiger partial charge in [-0.05, 0) is 28.9 Å². The van der Waals surface area contributed by atoms with Gasteiger partial charge >= 0.3 is 5.97 Å². The van der Waals surface area contributed by atoms with Crippen molar-refractivity contribution in [2.24, 2.45) is 5.73 Å². The minimum atomic E-state index is -0.473. The van der Waals surface area contributed by atoms with Crippen LogP contribution >= 0.6 is 38.6 Å². The van der Waals surface area contributed by atoms with Crippen molar-refractivity contribution in [1.82, 2.24) is 0 Å². The Morgan fingerprint density at radius 2 is 2.30 bits per heavy atom. The zero-order valence-corrected chi connectivity index (χ0v) is 15.4. The summed E-state index contributed by atoms with van der Waals surface area (Å²) in [6.07, 6.45) is 0. The normalized spacial score (nSPS) is 16.5. The molecule has 8 heteroatoms. The van der Waals surface area contributed by atoms with Gasteiger partial charge in [-0.1, -0.05) is 0 Å². The van der Waals surface area contributed by atoms with Crippen molar-refractivity contribution >= 4 is 44.6 Å². The third-order valence-corrected chi connectivity index (χ3v) is 6.39. The largest absolute Gasteiger partial charge is 0.465 e. The fourth-order valence-corrected chi connectivity index (χ4v) is 5.33. The van der Waals surface area contributed by atoms with Crippen molar-refractivity contribution < 1.29 is 14.3 Å². The van der Waals surface area contributed by atoms with Crippen LogP contribution in [-0.4, -0.2) is 13.1 Å². The molecule has 1 aliphatic heterocycles. The van der Waals surface area contributed by atoms with E-state index < -0.39 is 5.97 Å². The molecule has 3 rings (SSSR count). The number of nitrogens with zero attached hydrogens (tertiary/aromatic N) is 1. The Bertz CT molecular complexity index is 876. The average molecular weight is 411 g/mol. The van der Waals surface area contributed by atoms with Crippen LogP contribution in [0.5, 0.6) is 5.75 Å². The summed E-state index contributed by atoms with van der Waals surface area (Å²) < 4.78 is 11.4. The van der Waals surface area contributed by atoms with Crippen molar-refractivity contribution in [3.05, 3.63) is 47.6 Å². The molecule has 0 saturated heterocycles. The number of aryl methyl sites for hydroxylation is 1. The van der Waals surface area contributed by atoms with Gasteiger partial charge in [0.15, 0.2) is 5.75 Å². The van der Waals surface area contributed by atoms with Crippen molar-refractivity contribution in [3.8, 4) is 11.8 Å². The van der Waals surface area contributed by atoms with Gasteiger partial charge in [-0.2, -0.15) is 5.26 Å². The molecule has 0 aromatic carbocycles. The maximum atomic E-state index is 12.1. The van der Waals surface area contributed by atoms with E-state index in [9.17, 15) is 10.1 Å². The highest BCUT2D eigenvalue weighted by molar-refractivity contribution is 9.10. The van der Waals surface area contributed by atoms with Gasteiger partial charge < -0.3 is 15.2 Å². The average Bonchev–Trinajstić information content (AvgIpc) is 3.08.